The second-order valence-electron chi connectivity index (χ2n) is 11.7. The van der Waals surface area contributed by atoms with E-state index < -0.39 is 0 Å². The van der Waals surface area contributed by atoms with Crippen LogP contribution in [0.25, 0.3) is 0 Å². The van der Waals surface area contributed by atoms with Crippen molar-refractivity contribution >= 4 is 34.9 Å². The van der Waals surface area contributed by atoms with Gasteiger partial charge in [0.25, 0.3) is 0 Å². The number of likely N-dealkylation sites (tertiary alicyclic amines) is 1. The van der Waals surface area contributed by atoms with E-state index in [2.05, 4.69) is 34.4 Å². The van der Waals surface area contributed by atoms with Crippen molar-refractivity contribution in [2.45, 2.75) is 39.2 Å². The Balaban J connectivity index is 1.40. The number of fused-ring (bicyclic) bond motifs is 1. The predicted octanol–water partition coefficient (Wildman–Crippen LogP) is 6.95. The molecule has 2 aliphatic heterocycles. The Kier molecular flexibility index (Phi) is 8.49. The standard InChI is InChI=1S/C35H40N6O4/c1-22-8-7-9-23(2)32(22)40-21-26-20-36-34(37-28-12-10-25(18-30(28)44-5)24-14-16-39(3)17-15-24)38-33(26)41(35(40)42)29-13-11-27(43-4)19-31(29)45-6/h7-13,18-20,24H,14-17,21H2,1-6H3,(H,36,37,38). The van der Waals surface area contributed by atoms with E-state index in [1.807, 2.05) is 44.2 Å². The van der Waals surface area contributed by atoms with Gasteiger partial charge in [0.1, 0.15) is 17.2 Å². The van der Waals surface area contributed by atoms with Gasteiger partial charge in [0.2, 0.25) is 5.95 Å². The number of anilines is 5. The number of methoxy groups -OCH3 is 3. The lowest BCUT2D eigenvalue weighted by molar-refractivity contribution is 0.252. The van der Waals surface area contributed by atoms with Crippen molar-refractivity contribution < 1.29 is 19.0 Å². The molecule has 0 unspecified atom stereocenters. The highest BCUT2D eigenvalue weighted by molar-refractivity contribution is 6.11. The van der Waals surface area contributed by atoms with Gasteiger partial charge in [0, 0.05) is 17.8 Å². The minimum absolute atomic E-state index is 0.243. The number of hydrogen-bond donors (Lipinski definition) is 1. The number of aryl methyl sites for hydroxylation is 2. The molecule has 1 aromatic heterocycles. The summed E-state index contributed by atoms with van der Waals surface area (Å²) in [5.74, 6) is 3.15. The molecule has 1 fully saturated rings. The fourth-order valence-electron chi connectivity index (χ4n) is 6.33. The topological polar surface area (TPSA) is 92.3 Å². The van der Waals surface area contributed by atoms with Crippen LogP contribution in [0.5, 0.6) is 17.2 Å². The van der Waals surface area contributed by atoms with E-state index in [1.165, 1.54) is 5.56 Å². The molecular weight excluding hydrogens is 568 g/mol. The Hall–Kier alpha value is -4.83. The van der Waals surface area contributed by atoms with Crippen molar-refractivity contribution in [2.75, 3.05) is 56.6 Å². The molecule has 2 aliphatic rings. The van der Waals surface area contributed by atoms with E-state index in [-0.39, 0.29) is 6.03 Å². The van der Waals surface area contributed by atoms with Crippen LogP contribution in [0, 0.1) is 13.8 Å². The number of aromatic nitrogens is 2. The van der Waals surface area contributed by atoms with Crippen LogP contribution in [0.4, 0.5) is 33.6 Å². The van der Waals surface area contributed by atoms with Gasteiger partial charge in [-0.05, 0) is 93.7 Å². The highest BCUT2D eigenvalue weighted by Gasteiger charge is 2.37. The summed E-state index contributed by atoms with van der Waals surface area (Å²) in [6.45, 7) is 6.52. The molecule has 4 aromatic rings. The van der Waals surface area contributed by atoms with Crippen LogP contribution in [0.3, 0.4) is 0 Å². The van der Waals surface area contributed by atoms with Gasteiger partial charge >= 0.3 is 6.03 Å². The first-order valence-corrected chi connectivity index (χ1v) is 15.2. The van der Waals surface area contributed by atoms with Crippen molar-refractivity contribution in [1.82, 2.24) is 14.9 Å². The largest absolute Gasteiger partial charge is 0.497 e. The molecule has 1 N–H and O–H groups in total. The highest BCUT2D eigenvalue weighted by atomic mass is 16.5. The van der Waals surface area contributed by atoms with Gasteiger partial charge in [-0.3, -0.25) is 4.90 Å². The molecule has 10 nitrogen and oxygen atoms in total. The van der Waals surface area contributed by atoms with Crippen molar-refractivity contribution in [2.24, 2.45) is 0 Å². The third kappa shape index (κ3) is 5.85. The number of nitrogens with zero attached hydrogens (tertiary/aromatic N) is 5. The molecule has 2 amide bonds. The van der Waals surface area contributed by atoms with Crippen molar-refractivity contribution in [3.8, 4) is 17.2 Å². The van der Waals surface area contributed by atoms with E-state index in [0.29, 0.717) is 41.4 Å². The number of para-hydroxylation sites is 1. The number of hydrogen-bond acceptors (Lipinski definition) is 8. The fourth-order valence-corrected chi connectivity index (χ4v) is 6.33. The number of urea groups is 1. The average molecular weight is 609 g/mol. The molecular formula is C35H40N6O4. The molecule has 0 bridgehead atoms. The Morgan fingerprint density at radius 3 is 2.31 bits per heavy atom. The van der Waals surface area contributed by atoms with Gasteiger partial charge in [-0.25, -0.2) is 14.7 Å². The predicted molar refractivity (Wildman–Crippen MR) is 177 cm³/mol. The number of carbonyl (C=O) groups is 1. The molecule has 0 aliphatic carbocycles. The van der Waals surface area contributed by atoms with Gasteiger partial charge < -0.3 is 24.4 Å². The first-order chi connectivity index (χ1) is 21.8. The van der Waals surface area contributed by atoms with E-state index in [9.17, 15) is 4.79 Å². The Morgan fingerprint density at radius 2 is 1.62 bits per heavy atom. The summed E-state index contributed by atoms with van der Waals surface area (Å²) in [4.78, 5) is 29.8. The monoisotopic (exact) mass is 608 g/mol. The first-order valence-electron chi connectivity index (χ1n) is 15.2. The molecule has 0 radical (unpaired) electrons. The van der Waals surface area contributed by atoms with Crippen LogP contribution < -0.4 is 29.3 Å². The van der Waals surface area contributed by atoms with Crippen LogP contribution in [0.15, 0.2) is 60.8 Å². The number of amides is 2. The number of rotatable bonds is 8. The zero-order chi connectivity index (χ0) is 31.7. The minimum Gasteiger partial charge on any atom is -0.497 e. The summed E-state index contributed by atoms with van der Waals surface area (Å²) in [5.41, 5.74) is 6.23. The zero-order valence-electron chi connectivity index (χ0n) is 26.8. The number of ether oxygens (including phenoxy) is 3. The minimum atomic E-state index is -0.243. The molecule has 3 aromatic carbocycles. The van der Waals surface area contributed by atoms with Gasteiger partial charge in [-0.1, -0.05) is 24.3 Å². The van der Waals surface area contributed by atoms with E-state index in [1.54, 1.807) is 49.5 Å². The molecule has 3 heterocycles. The van der Waals surface area contributed by atoms with Crippen LogP contribution in [0.1, 0.15) is 41.0 Å². The summed E-state index contributed by atoms with van der Waals surface area (Å²) in [6.07, 6.45) is 4.02. The van der Waals surface area contributed by atoms with E-state index in [4.69, 9.17) is 19.2 Å². The van der Waals surface area contributed by atoms with Crippen molar-refractivity contribution in [3.05, 3.63) is 83.0 Å². The number of carbonyl (C=O) groups excluding carboxylic acids is 1. The first kappa shape index (κ1) is 30.2. The lowest BCUT2D eigenvalue weighted by atomic mass is 9.89. The summed E-state index contributed by atoms with van der Waals surface area (Å²) in [6, 6.07) is 17.4. The summed E-state index contributed by atoms with van der Waals surface area (Å²) >= 11 is 0. The summed E-state index contributed by atoms with van der Waals surface area (Å²) < 4.78 is 17.0. The molecule has 45 heavy (non-hydrogen) atoms. The van der Waals surface area contributed by atoms with Gasteiger partial charge in [-0.15, -0.1) is 0 Å². The Morgan fingerprint density at radius 1 is 0.889 bits per heavy atom. The van der Waals surface area contributed by atoms with Crippen LogP contribution in [-0.4, -0.2) is 62.4 Å². The third-order valence-corrected chi connectivity index (χ3v) is 8.80. The Labute approximate surface area is 264 Å². The SMILES string of the molecule is COc1ccc(N2C(=O)N(c3c(C)cccc3C)Cc3cnc(Nc4ccc(C5CCN(C)CC5)cc4OC)nc32)c(OC)c1. The normalized spacial score (nSPS) is 15.6. The number of nitrogens with one attached hydrogen (secondary N) is 1. The van der Waals surface area contributed by atoms with Crippen molar-refractivity contribution in [1.29, 1.82) is 0 Å². The van der Waals surface area contributed by atoms with Gasteiger partial charge in [0.05, 0.1) is 44.9 Å². The quantitative estimate of drug-likeness (QED) is 0.230. The van der Waals surface area contributed by atoms with Gasteiger partial charge in [-0.2, -0.15) is 4.98 Å². The van der Waals surface area contributed by atoms with E-state index in [0.717, 1.165) is 59.7 Å². The third-order valence-electron chi connectivity index (χ3n) is 8.80. The second kappa shape index (κ2) is 12.6. The van der Waals surface area contributed by atoms with Crippen molar-refractivity contribution in [3.63, 3.8) is 0 Å². The van der Waals surface area contributed by atoms with Gasteiger partial charge in [0.15, 0.2) is 5.82 Å². The molecule has 234 valence electrons. The second-order valence-corrected chi connectivity index (χ2v) is 11.7. The maximum atomic E-state index is 14.5. The van der Waals surface area contributed by atoms with E-state index >= 15 is 0 Å². The molecule has 10 heteroatoms. The Bertz CT molecular complexity index is 1700. The molecule has 0 spiro atoms. The lowest BCUT2D eigenvalue weighted by Gasteiger charge is -2.37. The molecule has 1 saturated heterocycles. The molecule has 6 rings (SSSR count). The molecule has 0 atom stereocenters. The average Bonchev–Trinajstić information content (AvgIpc) is 3.05. The maximum absolute atomic E-state index is 14.5. The summed E-state index contributed by atoms with van der Waals surface area (Å²) in [5, 5.41) is 3.35. The number of benzene rings is 3. The van der Waals surface area contributed by atoms with Crippen LogP contribution >= 0.6 is 0 Å². The lowest BCUT2D eigenvalue weighted by Crippen LogP contribution is -2.46. The highest BCUT2D eigenvalue weighted by Crippen LogP contribution is 2.43. The fraction of sp³-hybridized carbons (Fsp3) is 0.343. The summed E-state index contributed by atoms with van der Waals surface area (Å²) in [7, 11) is 7.01. The number of piperidine rings is 1. The maximum Gasteiger partial charge on any atom is 0.335 e. The smallest absolute Gasteiger partial charge is 0.335 e. The zero-order valence-corrected chi connectivity index (χ0v) is 26.8. The van der Waals surface area contributed by atoms with Crippen LogP contribution in [-0.2, 0) is 6.54 Å². The molecule has 0 saturated carbocycles. The van der Waals surface area contributed by atoms with Crippen LogP contribution in [0.2, 0.25) is 0 Å².